The number of carboxylic acids is 2. The molecule has 0 unspecified atom stereocenters. The minimum Gasteiger partial charge on any atom is -0.481 e. The lowest BCUT2D eigenvalue weighted by Crippen LogP contribution is -2.48. The lowest BCUT2D eigenvalue weighted by Gasteiger charge is -2.34. The molecule has 0 aromatic heterocycles. The van der Waals surface area contributed by atoms with Crippen LogP contribution >= 0.6 is 0 Å². The van der Waals surface area contributed by atoms with Gasteiger partial charge in [0.25, 0.3) is 0 Å². The standard InChI is InChI=1S/C13H23NO7/c1-10(16)14-13(6-3-11(17)18,7-4-12(19)20)5-2-8-21-9-15/h15H,2-9H2,1H3,(H,14,16)(H,17,18)(H,19,20). The van der Waals surface area contributed by atoms with Gasteiger partial charge in [-0.15, -0.1) is 0 Å². The van der Waals surface area contributed by atoms with Gasteiger partial charge >= 0.3 is 11.9 Å². The lowest BCUT2D eigenvalue weighted by atomic mass is 9.83. The molecule has 4 N–H and O–H groups in total. The Bertz CT molecular complexity index is 338. The normalized spacial score (nSPS) is 11.1. The molecule has 0 radical (unpaired) electrons. The summed E-state index contributed by atoms with van der Waals surface area (Å²) in [6, 6.07) is 0. The van der Waals surface area contributed by atoms with Gasteiger partial charge in [0.1, 0.15) is 6.79 Å². The average molecular weight is 305 g/mol. The Morgan fingerprint density at radius 3 is 1.95 bits per heavy atom. The minimum atomic E-state index is -1.01. The number of carboxylic acid groups (broad SMARTS) is 2. The third-order valence-corrected chi connectivity index (χ3v) is 3.11. The molecule has 122 valence electrons. The molecule has 0 bridgehead atoms. The summed E-state index contributed by atoms with van der Waals surface area (Å²) < 4.78 is 4.80. The van der Waals surface area contributed by atoms with Crippen LogP contribution in [0.1, 0.15) is 45.4 Å². The van der Waals surface area contributed by atoms with Crippen LogP contribution in [0.25, 0.3) is 0 Å². The van der Waals surface area contributed by atoms with Crippen LogP contribution in [0.4, 0.5) is 0 Å². The molecule has 21 heavy (non-hydrogen) atoms. The molecule has 0 spiro atoms. The van der Waals surface area contributed by atoms with Gasteiger partial charge in [-0.3, -0.25) is 14.4 Å². The van der Waals surface area contributed by atoms with E-state index in [-0.39, 0.29) is 38.2 Å². The van der Waals surface area contributed by atoms with Crippen molar-refractivity contribution in [1.29, 1.82) is 0 Å². The lowest BCUT2D eigenvalue weighted by molar-refractivity contribution is -0.138. The maximum atomic E-state index is 11.4. The van der Waals surface area contributed by atoms with Crippen LogP contribution in [-0.2, 0) is 19.1 Å². The fourth-order valence-corrected chi connectivity index (χ4v) is 2.21. The quantitative estimate of drug-likeness (QED) is 0.302. The van der Waals surface area contributed by atoms with Crippen LogP contribution in [-0.4, -0.2) is 52.1 Å². The van der Waals surface area contributed by atoms with E-state index in [0.717, 1.165) is 0 Å². The van der Waals surface area contributed by atoms with Gasteiger partial charge in [-0.25, -0.2) is 0 Å². The second-order valence-electron chi connectivity index (χ2n) is 4.89. The van der Waals surface area contributed by atoms with E-state index >= 15 is 0 Å². The maximum Gasteiger partial charge on any atom is 0.303 e. The van der Waals surface area contributed by atoms with Gasteiger partial charge in [0.15, 0.2) is 0 Å². The SMILES string of the molecule is CC(=O)NC(CCCOCO)(CCC(=O)O)CCC(=O)O. The van der Waals surface area contributed by atoms with Crippen LogP contribution in [0.2, 0.25) is 0 Å². The molecule has 0 aromatic rings. The smallest absolute Gasteiger partial charge is 0.303 e. The summed E-state index contributed by atoms with van der Waals surface area (Å²) in [5.74, 6) is -2.35. The molecule has 0 fully saturated rings. The molecule has 0 rings (SSSR count). The number of aliphatic hydroxyl groups excluding tert-OH is 1. The molecular formula is C13H23NO7. The molecule has 8 heteroatoms. The van der Waals surface area contributed by atoms with Gasteiger partial charge in [0, 0.05) is 31.9 Å². The Labute approximate surface area is 123 Å². The van der Waals surface area contributed by atoms with Crippen LogP contribution in [0, 0.1) is 0 Å². The zero-order valence-electron chi connectivity index (χ0n) is 12.1. The summed E-state index contributed by atoms with van der Waals surface area (Å²) in [4.78, 5) is 32.9. The van der Waals surface area contributed by atoms with Crippen LogP contribution < -0.4 is 5.32 Å². The number of aliphatic carboxylic acids is 2. The van der Waals surface area contributed by atoms with E-state index in [0.29, 0.717) is 12.8 Å². The fourth-order valence-electron chi connectivity index (χ4n) is 2.21. The van der Waals surface area contributed by atoms with Gasteiger partial charge in [-0.2, -0.15) is 0 Å². The van der Waals surface area contributed by atoms with E-state index in [1.165, 1.54) is 6.92 Å². The van der Waals surface area contributed by atoms with Crippen LogP contribution in [0.3, 0.4) is 0 Å². The van der Waals surface area contributed by atoms with Crippen molar-refractivity contribution < 1.29 is 34.4 Å². The first-order valence-corrected chi connectivity index (χ1v) is 6.72. The second kappa shape index (κ2) is 10.1. The number of ether oxygens (including phenoxy) is 1. The number of rotatable bonds is 12. The highest BCUT2D eigenvalue weighted by atomic mass is 16.6. The number of carbonyl (C=O) groups excluding carboxylic acids is 1. The number of aliphatic hydroxyl groups is 1. The first-order chi connectivity index (χ1) is 9.81. The Hall–Kier alpha value is -1.67. The molecule has 0 aliphatic carbocycles. The van der Waals surface area contributed by atoms with E-state index in [2.05, 4.69) is 5.32 Å². The topological polar surface area (TPSA) is 133 Å². The number of hydrogen-bond donors (Lipinski definition) is 4. The Kier molecular flexibility index (Phi) is 9.31. The largest absolute Gasteiger partial charge is 0.481 e. The first kappa shape index (κ1) is 19.3. The second-order valence-corrected chi connectivity index (χ2v) is 4.89. The molecule has 8 nitrogen and oxygen atoms in total. The summed E-state index contributed by atoms with van der Waals surface area (Å²) >= 11 is 0. The van der Waals surface area contributed by atoms with Crippen molar-refractivity contribution in [3.8, 4) is 0 Å². The zero-order chi connectivity index (χ0) is 16.3. The van der Waals surface area contributed by atoms with Gasteiger partial charge in [-0.05, 0) is 25.7 Å². The first-order valence-electron chi connectivity index (χ1n) is 6.72. The minimum absolute atomic E-state index is 0.147. The fraction of sp³-hybridized carbons (Fsp3) is 0.769. The predicted molar refractivity (Wildman–Crippen MR) is 72.6 cm³/mol. The van der Waals surface area contributed by atoms with Gasteiger partial charge < -0.3 is 25.4 Å². The van der Waals surface area contributed by atoms with Crippen molar-refractivity contribution in [2.75, 3.05) is 13.4 Å². The van der Waals surface area contributed by atoms with E-state index in [9.17, 15) is 14.4 Å². The zero-order valence-corrected chi connectivity index (χ0v) is 12.1. The maximum absolute atomic E-state index is 11.4. The molecule has 0 saturated carbocycles. The van der Waals surface area contributed by atoms with Crippen LogP contribution in [0.5, 0.6) is 0 Å². The van der Waals surface area contributed by atoms with Crippen molar-refractivity contribution >= 4 is 17.8 Å². The number of nitrogens with one attached hydrogen (secondary N) is 1. The summed E-state index contributed by atoms with van der Waals surface area (Å²) in [5.41, 5.74) is -0.887. The molecule has 0 heterocycles. The van der Waals surface area contributed by atoms with E-state index in [4.69, 9.17) is 20.1 Å². The monoisotopic (exact) mass is 305 g/mol. The predicted octanol–water partition coefficient (Wildman–Crippen LogP) is 0.337. The number of hydrogen-bond acceptors (Lipinski definition) is 5. The molecule has 0 aliphatic rings. The number of amides is 1. The molecule has 0 saturated heterocycles. The average Bonchev–Trinajstić information content (AvgIpc) is 2.38. The summed E-state index contributed by atoms with van der Waals surface area (Å²) in [5, 5.41) is 28.9. The van der Waals surface area contributed by atoms with E-state index in [1.54, 1.807) is 0 Å². The number of carbonyl (C=O) groups is 3. The van der Waals surface area contributed by atoms with Gasteiger partial charge in [0.05, 0.1) is 0 Å². The van der Waals surface area contributed by atoms with Crippen LogP contribution in [0.15, 0.2) is 0 Å². The molecular weight excluding hydrogens is 282 g/mol. The van der Waals surface area contributed by atoms with Crippen molar-refractivity contribution in [2.24, 2.45) is 0 Å². The van der Waals surface area contributed by atoms with Crippen molar-refractivity contribution in [3.05, 3.63) is 0 Å². The third kappa shape index (κ3) is 9.80. The molecule has 1 amide bonds. The van der Waals surface area contributed by atoms with Crippen molar-refractivity contribution in [2.45, 2.75) is 51.0 Å². The van der Waals surface area contributed by atoms with Gasteiger partial charge in [-0.1, -0.05) is 0 Å². The van der Waals surface area contributed by atoms with Crippen molar-refractivity contribution in [3.63, 3.8) is 0 Å². The van der Waals surface area contributed by atoms with Crippen molar-refractivity contribution in [1.82, 2.24) is 5.32 Å². The van der Waals surface area contributed by atoms with E-state index in [1.807, 2.05) is 0 Å². The third-order valence-electron chi connectivity index (χ3n) is 3.11. The molecule has 0 aliphatic heterocycles. The Morgan fingerprint density at radius 1 is 1.05 bits per heavy atom. The summed E-state index contributed by atoms with van der Waals surface area (Å²) in [6.07, 6.45) is 0.817. The Balaban J connectivity index is 4.84. The Morgan fingerprint density at radius 2 is 1.57 bits per heavy atom. The summed E-state index contributed by atoms with van der Waals surface area (Å²) in [6.45, 7) is 1.13. The highest BCUT2D eigenvalue weighted by molar-refractivity contribution is 5.74. The molecule has 0 aromatic carbocycles. The highest BCUT2D eigenvalue weighted by Crippen LogP contribution is 2.26. The van der Waals surface area contributed by atoms with Gasteiger partial charge in [0.2, 0.25) is 5.91 Å². The molecule has 0 atom stereocenters. The summed E-state index contributed by atoms with van der Waals surface area (Å²) in [7, 11) is 0. The van der Waals surface area contributed by atoms with E-state index < -0.39 is 24.3 Å². The highest BCUT2D eigenvalue weighted by Gasteiger charge is 2.31.